The first-order valence-corrected chi connectivity index (χ1v) is 18.6. The number of hydrogen-bond acceptors (Lipinski definition) is 12. The van der Waals surface area contributed by atoms with Crippen LogP contribution in [0.15, 0.2) is 12.2 Å². The molecule has 1 rings (SSSR count). The summed E-state index contributed by atoms with van der Waals surface area (Å²) >= 11 is 0. The van der Waals surface area contributed by atoms with Gasteiger partial charge in [-0.15, -0.1) is 0 Å². The lowest BCUT2D eigenvalue weighted by atomic mass is 10.1. The van der Waals surface area contributed by atoms with E-state index in [0.29, 0.717) is 119 Å². The molecule has 0 radical (unpaired) electrons. The van der Waals surface area contributed by atoms with Gasteiger partial charge in [0.2, 0.25) is 0 Å². The van der Waals surface area contributed by atoms with Gasteiger partial charge < -0.3 is 47.4 Å². The Hall–Kier alpha value is -1.52. The van der Waals surface area contributed by atoms with Crippen LogP contribution in [-0.2, 0) is 57.0 Å². The predicted molar refractivity (Wildman–Crippen MR) is 186 cm³/mol. The molecule has 0 aliphatic carbocycles. The van der Waals surface area contributed by atoms with Crippen LogP contribution in [0.1, 0.15) is 71.1 Å². The lowest BCUT2D eigenvalue weighted by Gasteiger charge is -2.13. The van der Waals surface area contributed by atoms with Crippen molar-refractivity contribution in [2.24, 2.45) is 0 Å². The zero-order valence-electron chi connectivity index (χ0n) is 30.4. The van der Waals surface area contributed by atoms with Gasteiger partial charge in [-0.3, -0.25) is 14.5 Å². The Balaban J connectivity index is 1.61. The molecule has 0 N–H and O–H groups in total. The predicted octanol–water partition coefficient (Wildman–Crippen LogP) is 4.00. The number of hydrogen-bond donors (Lipinski definition) is 0. The first kappa shape index (κ1) is 45.5. The first-order chi connectivity index (χ1) is 24.3. The van der Waals surface area contributed by atoms with Crippen molar-refractivity contribution in [1.29, 1.82) is 0 Å². The Labute approximate surface area is 295 Å². The summed E-state index contributed by atoms with van der Waals surface area (Å²) in [7, 11) is 0. The Kier molecular flexibility index (Phi) is 35.0. The van der Waals surface area contributed by atoms with Crippen LogP contribution in [0, 0.1) is 0 Å². The zero-order valence-corrected chi connectivity index (χ0v) is 30.4. The SMILES string of the molecule is CCCCCCCCCCCCOCCOCCOCCOCCOCCOCCOCCOCCOCCOCCN1C(=O)C=CC1=O. The summed E-state index contributed by atoms with van der Waals surface area (Å²) in [5, 5.41) is 0. The van der Waals surface area contributed by atoms with Crippen molar-refractivity contribution < 1.29 is 57.0 Å². The van der Waals surface area contributed by atoms with Crippen LogP contribution in [0.3, 0.4) is 0 Å². The average Bonchev–Trinajstić information content (AvgIpc) is 3.43. The molecule has 0 aromatic carbocycles. The topological polar surface area (TPSA) is 130 Å². The second-order valence-electron chi connectivity index (χ2n) is 11.5. The molecular formula is C36H67NO12. The molecule has 0 saturated heterocycles. The van der Waals surface area contributed by atoms with E-state index in [9.17, 15) is 9.59 Å². The summed E-state index contributed by atoms with van der Waals surface area (Å²) < 4.78 is 54.9. The maximum absolute atomic E-state index is 11.4. The molecule has 1 aliphatic rings. The smallest absolute Gasteiger partial charge is 0.253 e. The summed E-state index contributed by atoms with van der Waals surface area (Å²) in [5.41, 5.74) is 0. The average molecular weight is 706 g/mol. The van der Waals surface area contributed by atoms with E-state index < -0.39 is 0 Å². The van der Waals surface area contributed by atoms with Crippen molar-refractivity contribution in [2.45, 2.75) is 71.1 Å². The van der Waals surface area contributed by atoms with Crippen LogP contribution in [-0.4, -0.2) is 155 Å². The Morgan fingerprint density at radius 1 is 0.347 bits per heavy atom. The lowest BCUT2D eigenvalue weighted by molar-refractivity contribution is -0.137. The normalized spacial score (nSPS) is 13.0. The van der Waals surface area contributed by atoms with Crippen LogP contribution in [0.4, 0.5) is 0 Å². The molecule has 13 nitrogen and oxygen atoms in total. The number of rotatable bonds is 41. The van der Waals surface area contributed by atoms with Gasteiger partial charge in [-0.05, 0) is 6.42 Å². The molecule has 0 saturated carbocycles. The fraction of sp³-hybridized carbons (Fsp3) is 0.889. The highest BCUT2D eigenvalue weighted by atomic mass is 16.6. The fourth-order valence-corrected chi connectivity index (χ4v) is 4.58. The summed E-state index contributed by atoms with van der Waals surface area (Å²) in [4.78, 5) is 24.0. The van der Waals surface area contributed by atoms with Crippen molar-refractivity contribution in [2.75, 3.05) is 139 Å². The first-order valence-electron chi connectivity index (χ1n) is 18.6. The number of nitrogens with zero attached hydrogens (tertiary/aromatic N) is 1. The van der Waals surface area contributed by atoms with Gasteiger partial charge in [0.05, 0.1) is 132 Å². The van der Waals surface area contributed by atoms with E-state index in [0.717, 1.165) is 17.9 Å². The van der Waals surface area contributed by atoms with Gasteiger partial charge in [-0.25, -0.2) is 0 Å². The van der Waals surface area contributed by atoms with Crippen LogP contribution in [0.25, 0.3) is 0 Å². The molecule has 1 heterocycles. The van der Waals surface area contributed by atoms with Crippen LogP contribution < -0.4 is 0 Å². The second-order valence-corrected chi connectivity index (χ2v) is 11.5. The Bertz CT molecular complexity index is 740. The van der Waals surface area contributed by atoms with Crippen molar-refractivity contribution in [1.82, 2.24) is 4.90 Å². The molecule has 0 atom stereocenters. The zero-order chi connectivity index (χ0) is 35.1. The quantitative estimate of drug-likeness (QED) is 0.0674. The summed E-state index contributed by atoms with van der Waals surface area (Å²) in [6, 6.07) is 0. The monoisotopic (exact) mass is 705 g/mol. The Morgan fingerprint density at radius 3 is 0.898 bits per heavy atom. The van der Waals surface area contributed by atoms with Crippen LogP contribution in [0.5, 0.6) is 0 Å². The molecule has 0 aromatic heterocycles. The number of carbonyl (C=O) groups is 2. The standard InChI is InChI=1S/C36H67NO12/c1-2-3-4-5-6-7-8-9-10-11-15-40-17-19-42-21-23-44-25-27-46-29-31-48-33-34-49-32-30-47-28-26-45-24-22-43-20-18-41-16-14-37-35(38)12-13-36(37)39/h12-13H,2-11,14-34H2,1H3. The molecule has 0 bridgehead atoms. The highest BCUT2D eigenvalue weighted by Gasteiger charge is 2.22. The highest BCUT2D eigenvalue weighted by molar-refractivity contribution is 6.12. The molecule has 288 valence electrons. The number of carbonyl (C=O) groups excluding carboxylic acids is 2. The van der Waals surface area contributed by atoms with Crippen LogP contribution in [0.2, 0.25) is 0 Å². The summed E-state index contributed by atoms with van der Waals surface area (Å²) in [6.07, 6.45) is 15.9. The highest BCUT2D eigenvalue weighted by Crippen LogP contribution is 2.10. The van der Waals surface area contributed by atoms with Gasteiger partial charge in [0.1, 0.15) is 0 Å². The van der Waals surface area contributed by atoms with E-state index in [4.69, 9.17) is 47.4 Å². The number of ether oxygens (including phenoxy) is 10. The lowest BCUT2D eigenvalue weighted by Crippen LogP contribution is -2.33. The maximum atomic E-state index is 11.4. The number of unbranched alkanes of at least 4 members (excludes halogenated alkanes) is 9. The second kappa shape index (κ2) is 37.7. The maximum Gasteiger partial charge on any atom is 0.253 e. The minimum absolute atomic E-state index is 0.243. The minimum Gasteiger partial charge on any atom is -0.379 e. The van der Waals surface area contributed by atoms with E-state index in [1.54, 1.807) is 0 Å². The number of imide groups is 1. The van der Waals surface area contributed by atoms with Gasteiger partial charge in [0.25, 0.3) is 11.8 Å². The van der Waals surface area contributed by atoms with Gasteiger partial charge in [0, 0.05) is 18.8 Å². The number of amides is 2. The third kappa shape index (κ3) is 32.2. The van der Waals surface area contributed by atoms with Gasteiger partial charge >= 0.3 is 0 Å². The molecule has 1 aliphatic heterocycles. The van der Waals surface area contributed by atoms with Crippen molar-refractivity contribution in [3.63, 3.8) is 0 Å². The Morgan fingerprint density at radius 2 is 0.592 bits per heavy atom. The van der Waals surface area contributed by atoms with Crippen molar-refractivity contribution >= 4 is 11.8 Å². The molecule has 0 unspecified atom stereocenters. The fourth-order valence-electron chi connectivity index (χ4n) is 4.58. The van der Waals surface area contributed by atoms with E-state index in [1.165, 1.54) is 69.9 Å². The third-order valence-corrected chi connectivity index (χ3v) is 7.35. The van der Waals surface area contributed by atoms with E-state index >= 15 is 0 Å². The van der Waals surface area contributed by atoms with Crippen molar-refractivity contribution in [3.8, 4) is 0 Å². The molecule has 0 fully saturated rings. The summed E-state index contributed by atoms with van der Waals surface area (Å²) in [6.45, 7) is 12.7. The molecule has 0 aromatic rings. The van der Waals surface area contributed by atoms with E-state index in [-0.39, 0.29) is 25.0 Å². The van der Waals surface area contributed by atoms with Crippen molar-refractivity contribution in [3.05, 3.63) is 12.2 Å². The summed E-state index contributed by atoms with van der Waals surface area (Å²) in [5.74, 6) is -0.606. The van der Waals surface area contributed by atoms with Gasteiger partial charge in [-0.2, -0.15) is 0 Å². The van der Waals surface area contributed by atoms with Gasteiger partial charge in [0.15, 0.2) is 0 Å². The molecular weight excluding hydrogens is 638 g/mol. The molecule has 0 spiro atoms. The van der Waals surface area contributed by atoms with Crippen LogP contribution >= 0.6 is 0 Å². The van der Waals surface area contributed by atoms with E-state index in [2.05, 4.69) is 6.92 Å². The van der Waals surface area contributed by atoms with Gasteiger partial charge in [-0.1, -0.05) is 64.7 Å². The molecule has 49 heavy (non-hydrogen) atoms. The van der Waals surface area contributed by atoms with E-state index in [1.807, 2.05) is 0 Å². The molecule has 13 heteroatoms. The third-order valence-electron chi connectivity index (χ3n) is 7.35. The molecule has 2 amide bonds. The largest absolute Gasteiger partial charge is 0.379 e. The minimum atomic E-state index is -0.303.